The molecule has 0 fully saturated rings. The van der Waals surface area contributed by atoms with Gasteiger partial charge in [0.05, 0.1) is 18.4 Å². The largest absolute Gasteiger partial charge is 0.465 e. The quantitative estimate of drug-likeness (QED) is 0.617. The van der Waals surface area contributed by atoms with Crippen LogP contribution in [0.2, 0.25) is 0 Å². The maximum absolute atomic E-state index is 11.6. The minimum Gasteiger partial charge on any atom is -0.465 e. The van der Waals surface area contributed by atoms with E-state index in [1.54, 1.807) is 13.2 Å². The number of nitrogen functional groups attached to an aromatic ring is 1. The lowest BCUT2D eigenvalue weighted by Gasteiger charge is -2.11. The average molecular weight is 237 g/mol. The highest BCUT2D eigenvalue weighted by Crippen LogP contribution is 2.30. The van der Waals surface area contributed by atoms with Crippen LogP contribution in [0.1, 0.15) is 21.6 Å². The van der Waals surface area contributed by atoms with Crippen molar-refractivity contribution in [3.63, 3.8) is 0 Å². The number of pyridine rings is 1. The molecule has 0 bridgehead atoms. The van der Waals surface area contributed by atoms with Crippen molar-refractivity contribution in [2.24, 2.45) is 0 Å². The van der Waals surface area contributed by atoms with Crippen LogP contribution < -0.4 is 5.73 Å². The summed E-state index contributed by atoms with van der Waals surface area (Å²) in [5, 5.41) is 8.96. The summed E-state index contributed by atoms with van der Waals surface area (Å²) >= 11 is 1.28. The van der Waals surface area contributed by atoms with Gasteiger partial charge in [0.2, 0.25) is 0 Å². The first-order valence-corrected chi connectivity index (χ1v) is 5.61. The number of nitriles is 1. The van der Waals surface area contributed by atoms with Crippen LogP contribution in [-0.2, 0) is 4.74 Å². The molecule has 6 heteroatoms. The van der Waals surface area contributed by atoms with Gasteiger partial charge in [0.1, 0.15) is 17.5 Å². The fourth-order valence-corrected chi connectivity index (χ4v) is 2.14. The van der Waals surface area contributed by atoms with Crippen molar-refractivity contribution in [1.82, 2.24) is 4.98 Å². The molecule has 84 valence electrons. The summed E-state index contributed by atoms with van der Waals surface area (Å²) in [6, 6.07) is 1.95. The number of carbonyl (C=O) groups excluding carboxylic acids is 1. The molecule has 0 atom stereocenters. The van der Waals surface area contributed by atoms with Crippen molar-refractivity contribution in [1.29, 1.82) is 5.26 Å². The first-order valence-electron chi connectivity index (χ1n) is 4.39. The summed E-state index contributed by atoms with van der Waals surface area (Å²) < 4.78 is 4.66. The van der Waals surface area contributed by atoms with Gasteiger partial charge >= 0.3 is 5.97 Å². The number of anilines is 1. The Kier molecular flexibility index (Phi) is 3.74. The van der Waals surface area contributed by atoms with E-state index < -0.39 is 5.97 Å². The number of nitrogens with zero attached hydrogens (tertiary/aromatic N) is 2. The lowest BCUT2D eigenvalue weighted by Crippen LogP contribution is -2.11. The van der Waals surface area contributed by atoms with Gasteiger partial charge in [-0.3, -0.25) is 0 Å². The zero-order valence-electron chi connectivity index (χ0n) is 9.20. The number of methoxy groups -OCH3 is 1. The second-order valence-electron chi connectivity index (χ2n) is 2.97. The van der Waals surface area contributed by atoms with E-state index >= 15 is 0 Å². The second kappa shape index (κ2) is 4.86. The van der Waals surface area contributed by atoms with Crippen LogP contribution in [0, 0.1) is 18.3 Å². The predicted octanol–water partition coefficient (Wildman–Crippen LogP) is 1.35. The Morgan fingerprint density at radius 1 is 1.62 bits per heavy atom. The number of carbonyl (C=O) groups is 1. The molecule has 0 radical (unpaired) electrons. The van der Waals surface area contributed by atoms with E-state index in [1.165, 1.54) is 18.9 Å². The molecule has 0 aromatic carbocycles. The van der Waals surface area contributed by atoms with Gasteiger partial charge in [-0.2, -0.15) is 5.26 Å². The topological polar surface area (TPSA) is 89.0 Å². The third kappa shape index (κ3) is 1.95. The highest BCUT2D eigenvalue weighted by atomic mass is 32.2. The number of hydrogen-bond donors (Lipinski definition) is 1. The normalized spacial score (nSPS) is 9.62. The first kappa shape index (κ1) is 12.3. The Morgan fingerprint density at radius 3 is 2.69 bits per heavy atom. The minimum absolute atomic E-state index is 0.136. The SMILES string of the molecule is COC(=O)c1c(C)nc(N)c(C#N)c1SC. The molecule has 1 aromatic rings. The molecule has 0 saturated heterocycles. The van der Waals surface area contributed by atoms with Gasteiger partial charge in [0.15, 0.2) is 0 Å². The highest BCUT2D eigenvalue weighted by molar-refractivity contribution is 7.98. The molecule has 16 heavy (non-hydrogen) atoms. The molecule has 1 heterocycles. The zero-order chi connectivity index (χ0) is 12.3. The van der Waals surface area contributed by atoms with Gasteiger partial charge in [0, 0.05) is 4.90 Å². The molecule has 0 spiro atoms. The Balaban J connectivity index is 3.60. The summed E-state index contributed by atoms with van der Waals surface area (Å²) in [7, 11) is 1.29. The Bertz CT molecular complexity index is 480. The fraction of sp³-hybridized carbons (Fsp3) is 0.300. The number of thioether (sulfide) groups is 1. The fourth-order valence-electron chi connectivity index (χ4n) is 1.35. The third-order valence-corrected chi connectivity index (χ3v) is 2.88. The van der Waals surface area contributed by atoms with Crippen LogP contribution in [0.15, 0.2) is 4.90 Å². The molecule has 0 amide bonds. The van der Waals surface area contributed by atoms with Gasteiger partial charge < -0.3 is 10.5 Å². The van der Waals surface area contributed by atoms with E-state index in [0.29, 0.717) is 16.2 Å². The molecule has 0 saturated carbocycles. The number of rotatable bonds is 2. The van der Waals surface area contributed by atoms with Crippen LogP contribution in [0.5, 0.6) is 0 Å². The standard InChI is InChI=1S/C10H11N3O2S/c1-5-7(10(14)15-2)8(16-3)6(4-11)9(12)13-5/h1-3H3,(H2,12,13). The maximum atomic E-state index is 11.6. The van der Waals surface area contributed by atoms with Crippen molar-refractivity contribution in [2.45, 2.75) is 11.8 Å². The van der Waals surface area contributed by atoms with Gasteiger partial charge in [-0.25, -0.2) is 9.78 Å². The predicted molar refractivity (Wildman–Crippen MR) is 61.2 cm³/mol. The lowest BCUT2D eigenvalue weighted by molar-refractivity contribution is 0.0595. The van der Waals surface area contributed by atoms with Gasteiger partial charge in [-0.05, 0) is 13.2 Å². The summed E-state index contributed by atoms with van der Waals surface area (Å²) in [5.74, 6) is -0.372. The van der Waals surface area contributed by atoms with E-state index in [2.05, 4.69) is 9.72 Å². The summed E-state index contributed by atoms with van der Waals surface area (Å²) in [6.45, 7) is 1.66. The van der Waals surface area contributed by atoms with Crippen molar-refractivity contribution in [2.75, 3.05) is 19.1 Å². The Hall–Kier alpha value is -1.74. The van der Waals surface area contributed by atoms with Crippen molar-refractivity contribution < 1.29 is 9.53 Å². The zero-order valence-corrected chi connectivity index (χ0v) is 10.0. The van der Waals surface area contributed by atoms with E-state index in [-0.39, 0.29) is 11.4 Å². The number of nitrogens with two attached hydrogens (primary N) is 1. The summed E-state index contributed by atoms with van der Waals surface area (Å²) in [4.78, 5) is 16.0. The molecule has 1 rings (SSSR count). The molecule has 0 aliphatic rings. The van der Waals surface area contributed by atoms with Crippen LogP contribution in [-0.4, -0.2) is 24.3 Å². The first-order chi connectivity index (χ1) is 7.56. The van der Waals surface area contributed by atoms with Crippen LogP contribution in [0.25, 0.3) is 0 Å². The van der Waals surface area contributed by atoms with E-state index in [4.69, 9.17) is 11.0 Å². The van der Waals surface area contributed by atoms with Crippen LogP contribution >= 0.6 is 11.8 Å². The molecular weight excluding hydrogens is 226 g/mol. The van der Waals surface area contributed by atoms with E-state index in [0.717, 1.165) is 0 Å². The Labute approximate surface area is 97.6 Å². The lowest BCUT2D eigenvalue weighted by atomic mass is 10.1. The molecular formula is C10H11N3O2S. The van der Waals surface area contributed by atoms with Gasteiger partial charge in [0.25, 0.3) is 0 Å². The average Bonchev–Trinajstić information content (AvgIpc) is 2.27. The number of aromatic nitrogens is 1. The summed E-state index contributed by atoms with van der Waals surface area (Å²) in [5.41, 5.74) is 6.61. The van der Waals surface area contributed by atoms with E-state index in [1.807, 2.05) is 6.07 Å². The minimum atomic E-state index is -0.508. The van der Waals surface area contributed by atoms with Crippen molar-refractivity contribution in [3.05, 3.63) is 16.8 Å². The highest BCUT2D eigenvalue weighted by Gasteiger charge is 2.21. The van der Waals surface area contributed by atoms with Crippen molar-refractivity contribution >= 4 is 23.5 Å². The van der Waals surface area contributed by atoms with Gasteiger partial charge in [-0.1, -0.05) is 0 Å². The van der Waals surface area contributed by atoms with E-state index in [9.17, 15) is 4.79 Å². The number of esters is 1. The molecule has 2 N–H and O–H groups in total. The maximum Gasteiger partial charge on any atom is 0.340 e. The Morgan fingerprint density at radius 2 is 2.25 bits per heavy atom. The molecule has 0 unspecified atom stereocenters. The molecule has 0 aliphatic heterocycles. The monoisotopic (exact) mass is 237 g/mol. The van der Waals surface area contributed by atoms with Crippen LogP contribution in [0.4, 0.5) is 5.82 Å². The number of ether oxygens (including phenoxy) is 1. The third-order valence-electron chi connectivity index (χ3n) is 2.07. The number of hydrogen-bond acceptors (Lipinski definition) is 6. The molecule has 1 aromatic heterocycles. The number of aryl methyl sites for hydroxylation is 1. The molecule has 5 nitrogen and oxygen atoms in total. The molecule has 0 aliphatic carbocycles. The summed E-state index contributed by atoms with van der Waals surface area (Å²) in [6.07, 6.45) is 1.77. The van der Waals surface area contributed by atoms with Crippen molar-refractivity contribution in [3.8, 4) is 6.07 Å². The van der Waals surface area contributed by atoms with Crippen LogP contribution in [0.3, 0.4) is 0 Å². The second-order valence-corrected chi connectivity index (χ2v) is 3.79. The van der Waals surface area contributed by atoms with Gasteiger partial charge in [-0.15, -0.1) is 11.8 Å². The smallest absolute Gasteiger partial charge is 0.340 e.